The van der Waals surface area contributed by atoms with Crippen LogP contribution in [0.3, 0.4) is 0 Å². The highest BCUT2D eigenvalue weighted by Crippen LogP contribution is 2.71. The molecule has 1 spiro atoms. The van der Waals surface area contributed by atoms with Crippen LogP contribution in [-0.2, 0) is 26.2 Å². The molecule has 0 saturated heterocycles. The SMILES string of the molecule is CC(C)c1cc(C(C)C)c(-c2ccc3c4c2OP(=O)(O)Oc2c(-c5c(C(C)C)cc(C(C)C)cc5C(C)(C)C)ccc5c2[C@@]4(CC3(C)C)CC5(C)C)c(C(C)C)c1. The fourth-order valence-corrected chi connectivity index (χ4v) is 11.8. The molecule has 5 heteroatoms. The molecule has 4 aromatic carbocycles. The first-order chi connectivity index (χ1) is 26.2. The van der Waals surface area contributed by atoms with Gasteiger partial charge in [-0.1, -0.05) is 166 Å². The minimum absolute atomic E-state index is 0.203. The summed E-state index contributed by atoms with van der Waals surface area (Å²) in [6, 6.07) is 18.4. The average molecular weight is 789 g/mol. The molecule has 0 aromatic heterocycles. The molecule has 3 aliphatic rings. The summed E-state index contributed by atoms with van der Waals surface area (Å²) in [5, 5.41) is 0. The maximum absolute atomic E-state index is 15.0. The summed E-state index contributed by atoms with van der Waals surface area (Å²) in [7, 11) is -4.76. The van der Waals surface area contributed by atoms with Gasteiger partial charge in [0, 0.05) is 27.7 Å². The molecule has 4 nitrogen and oxygen atoms in total. The Morgan fingerprint density at radius 3 is 1.32 bits per heavy atom. The second-order valence-electron chi connectivity index (χ2n) is 21.7. The second kappa shape index (κ2) is 13.6. The van der Waals surface area contributed by atoms with E-state index in [4.69, 9.17) is 9.05 Å². The molecule has 0 fully saturated rings. The largest absolute Gasteiger partial charge is 0.584 e. The normalized spacial score (nSPS) is 21.9. The summed E-state index contributed by atoms with van der Waals surface area (Å²) >= 11 is 0. The molecule has 1 N–H and O–H groups in total. The van der Waals surface area contributed by atoms with Crippen molar-refractivity contribution in [2.45, 2.75) is 182 Å². The third-order valence-corrected chi connectivity index (χ3v) is 14.4. The lowest BCUT2D eigenvalue weighted by atomic mass is 9.70. The van der Waals surface area contributed by atoms with Crippen molar-refractivity contribution in [3.8, 4) is 33.8 Å². The van der Waals surface area contributed by atoms with Gasteiger partial charge in [0.25, 0.3) is 0 Å². The van der Waals surface area contributed by atoms with Gasteiger partial charge >= 0.3 is 7.82 Å². The van der Waals surface area contributed by atoms with E-state index in [2.05, 4.69) is 166 Å². The van der Waals surface area contributed by atoms with Gasteiger partial charge in [-0.3, -0.25) is 4.89 Å². The Morgan fingerprint density at radius 2 is 0.947 bits per heavy atom. The van der Waals surface area contributed by atoms with Crippen LogP contribution in [0.1, 0.15) is 216 Å². The van der Waals surface area contributed by atoms with Crippen molar-refractivity contribution in [3.05, 3.63) is 104 Å². The zero-order chi connectivity index (χ0) is 42.1. The van der Waals surface area contributed by atoms with Crippen molar-refractivity contribution < 1.29 is 18.5 Å². The molecule has 57 heavy (non-hydrogen) atoms. The Kier molecular flexibility index (Phi) is 9.98. The van der Waals surface area contributed by atoms with E-state index in [-0.39, 0.29) is 34.0 Å². The smallest absolute Gasteiger partial charge is 0.394 e. The molecule has 7 rings (SSSR count). The molecule has 306 valence electrons. The number of hydrogen-bond donors (Lipinski definition) is 1. The highest BCUT2D eigenvalue weighted by atomic mass is 31.2. The second-order valence-corrected chi connectivity index (χ2v) is 23.0. The van der Waals surface area contributed by atoms with Crippen LogP contribution in [0.5, 0.6) is 11.5 Å². The van der Waals surface area contributed by atoms with Crippen molar-refractivity contribution in [2.24, 2.45) is 0 Å². The van der Waals surface area contributed by atoms with Crippen molar-refractivity contribution in [2.75, 3.05) is 0 Å². The average Bonchev–Trinajstić information content (AvgIpc) is 3.45. The molecule has 1 heterocycles. The summed E-state index contributed by atoms with van der Waals surface area (Å²) in [6.07, 6.45) is 1.69. The molecular formula is C52H69O4P. The number of benzene rings is 4. The molecule has 2 atom stereocenters. The van der Waals surface area contributed by atoms with Crippen molar-refractivity contribution in [1.82, 2.24) is 0 Å². The van der Waals surface area contributed by atoms with Crippen LogP contribution in [0.4, 0.5) is 0 Å². The van der Waals surface area contributed by atoms with Gasteiger partial charge in [0.15, 0.2) is 0 Å². The minimum atomic E-state index is -4.76. The van der Waals surface area contributed by atoms with Gasteiger partial charge in [0.1, 0.15) is 11.5 Å². The van der Waals surface area contributed by atoms with Gasteiger partial charge in [0.05, 0.1) is 0 Å². The maximum Gasteiger partial charge on any atom is 0.584 e. The molecule has 2 aliphatic carbocycles. The van der Waals surface area contributed by atoms with E-state index in [1.54, 1.807) is 0 Å². The molecule has 1 aliphatic heterocycles. The summed E-state index contributed by atoms with van der Waals surface area (Å²) in [5.41, 5.74) is 14.9. The first-order valence-corrected chi connectivity index (χ1v) is 23.2. The van der Waals surface area contributed by atoms with Crippen LogP contribution in [-0.4, -0.2) is 4.89 Å². The fraction of sp³-hybridized carbons (Fsp3) is 0.538. The molecule has 0 saturated carbocycles. The summed E-state index contributed by atoms with van der Waals surface area (Å²) in [6.45, 7) is 38.7. The van der Waals surface area contributed by atoms with Gasteiger partial charge in [0.2, 0.25) is 0 Å². The molecule has 0 amide bonds. The Balaban J connectivity index is 1.66. The van der Waals surface area contributed by atoms with Crippen LogP contribution in [0, 0.1) is 0 Å². The van der Waals surface area contributed by atoms with Crippen molar-refractivity contribution >= 4 is 7.82 Å². The topological polar surface area (TPSA) is 55.8 Å². The first kappa shape index (κ1) is 41.8. The zero-order valence-corrected chi connectivity index (χ0v) is 38.9. The minimum Gasteiger partial charge on any atom is -0.394 e. The molecular weight excluding hydrogens is 720 g/mol. The Morgan fingerprint density at radius 1 is 0.579 bits per heavy atom. The first-order valence-electron chi connectivity index (χ1n) is 21.7. The highest BCUT2D eigenvalue weighted by Gasteiger charge is 2.61. The zero-order valence-electron chi connectivity index (χ0n) is 38.0. The summed E-state index contributed by atoms with van der Waals surface area (Å²) in [5.74, 6) is 2.42. The Bertz CT molecular complexity index is 2300. The van der Waals surface area contributed by atoms with E-state index in [0.29, 0.717) is 23.3 Å². The van der Waals surface area contributed by atoms with Crippen LogP contribution >= 0.6 is 7.82 Å². The lowest BCUT2D eigenvalue weighted by Crippen LogP contribution is -2.29. The van der Waals surface area contributed by atoms with Gasteiger partial charge in [-0.2, -0.15) is 0 Å². The van der Waals surface area contributed by atoms with Crippen molar-refractivity contribution in [1.29, 1.82) is 0 Å². The van der Waals surface area contributed by atoms with E-state index in [9.17, 15) is 4.89 Å². The summed E-state index contributed by atoms with van der Waals surface area (Å²) in [4.78, 5) is 12.3. The lowest BCUT2D eigenvalue weighted by Gasteiger charge is -2.36. The summed E-state index contributed by atoms with van der Waals surface area (Å²) < 4.78 is 28.5. The fourth-order valence-electron chi connectivity index (χ4n) is 11.0. The lowest BCUT2D eigenvalue weighted by molar-refractivity contribution is 0.276. The number of rotatable bonds is 7. The predicted molar refractivity (Wildman–Crippen MR) is 240 cm³/mol. The maximum atomic E-state index is 15.0. The third kappa shape index (κ3) is 6.64. The van der Waals surface area contributed by atoms with E-state index in [0.717, 1.165) is 46.2 Å². The monoisotopic (exact) mass is 788 g/mol. The quantitative estimate of drug-likeness (QED) is 0.190. The van der Waals surface area contributed by atoms with E-state index in [1.165, 1.54) is 44.5 Å². The number of phosphoric acid groups is 1. The van der Waals surface area contributed by atoms with Crippen LogP contribution < -0.4 is 9.05 Å². The molecule has 1 unspecified atom stereocenters. The van der Waals surface area contributed by atoms with Crippen LogP contribution in [0.2, 0.25) is 0 Å². The van der Waals surface area contributed by atoms with E-state index < -0.39 is 13.2 Å². The molecule has 0 bridgehead atoms. The number of phosphoric ester groups is 1. The van der Waals surface area contributed by atoms with Gasteiger partial charge < -0.3 is 9.05 Å². The van der Waals surface area contributed by atoms with Gasteiger partial charge in [-0.25, -0.2) is 4.57 Å². The Labute approximate surface area is 344 Å². The standard InChI is InChI=1S/C52H69O4P/c1-28(2)33-22-37(30(5)6)43(38(23-33)31(7)8)35-18-20-40-45-47(35)55-57(53,54)56-48-36(19-21-41-46(48)52(45,26-50(40,14)15)27-51(41,16)17)44-39(32(9)10)24-34(29(3)4)25-42(44)49(11,12)13/h18-25,28-32H,26-27H2,1-17H3,(H,53,54)/t52-/m0/s1. The van der Waals surface area contributed by atoms with E-state index >= 15 is 4.57 Å². The Hall–Kier alpha value is -3.33. The van der Waals surface area contributed by atoms with Crippen LogP contribution in [0.15, 0.2) is 48.5 Å². The molecule has 4 aromatic rings. The number of hydrogen-bond acceptors (Lipinski definition) is 3. The predicted octanol–water partition coefficient (Wildman–Crippen LogP) is 15.5. The van der Waals surface area contributed by atoms with Crippen molar-refractivity contribution in [3.63, 3.8) is 0 Å². The van der Waals surface area contributed by atoms with Gasteiger partial charge in [-0.05, 0) is 114 Å². The highest BCUT2D eigenvalue weighted by molar-refractivity contribution is 7.48. The molecule has 0 radical (unpaired) electrons. The van der Waals surface area contributed by atoms with Gasteiger partial charge in [-0.15, -0.1) is 0 Å². The van der Waals surface area contributed by atoms with E-state index in [1.807, 2.05) is 0 Å². The third-order valence-electron chi connectivity index (χ3n) is 13.6. The van der Waals surface area contributed by atoms with Crippen LogP contribution in [0.25, 0.3) is 22.3 Å².